The van der Waals surface area contributed by atoms with Crippen LogP contribution in [0.25, 0.3) is 0 Å². The van der Waals surface area contributed by atoms with Gasteiger partial charge in [0.1, 0.15) is 5.76 Å². The van der Waals surface area contributed by atoms with Crippen molar-refractivity contribution in [2.45, 2.75) is 18.2 Å². The molecular weight excluding hydrogens is 290 g/mol. The van der Waals surface area contributed by atoms with Crippen LogP contribution in [0.1, 0.15) is 11.3 Å². The molecule has 0 unspecified atom stereocenters. The van der Waals surface area contributed by atoms with Gasteiger partial charge in [-0.3, -0.25) is 0 Å². The minimum Gasteiger partial charge on any atom is -0.447 e. The Balaban J connectivity index is 1.88. The Hall–Kier alpha value is -1.83. The van der Waals surface area contributed by atoms with E-state index in [9.17, 15) is 8.42 Å². The van der Waals surface area contributed by atoms with E-state index in [0.717, 1.165) is 11.3 Å². The molecule has 1 heterocycles. The summed E-state index contributed by atoms with van der Waals surface area (Å²) in [6.07, 6.45) is 0. The summed E-state index contributed by atoms with van der Waals surface area (Å²) in [6.45, 7) is 1.10. The van der Waals surface area contributed by atoms with Crippen LogP contribution in [0.5, 0.6) is 0 Å². The first kappa shape index (κ1) is 15.6. The molecule has 6 nitrogen and oxygen atoms in total. The second-order valence-electron chi connectivity index (χ2n) is 4.93. The maximum atomic E-state index is 11.1. The molecule has 0 saturated carbocycles. The fourth-order valence-electron chi connectivity index (χ4n) is 1.85. The highest BCUT2D eigenvalue weighted by atomic mass is 32.2. The molecule has 0 atom stereocenters. The highest BCUT2D eigenvalue weighted by molar-refractivity contribution is 7.89. The minimum absolute atomic E-state index is 0.213. The van der Waals surface area contributed by atoms with Crippen molar-refractivity contribution in [1.82, 2.24) is 5.32 Å². The molecule has 0 fully saturated rings. The number of nitrogens with zero attached hydrogens (tertiary/aromatic N) is 1. The van der Waals surface area contributed by atoms with Gasteiger partial charge in [-0.05, 0) is 29.8 Å². The third-order valence-corrected chi connectivity index (χ3v) is 3.78. The molecule has 0 aliphatic heterocycles. The first-order chi connectivity index (χ1) is 9.86. The third kappa shape index (κ3) is 4.32. The molecule has 0 amide bonds. The summed E-state index contributed by atoms with van der Waals surface area (Å²) >= 11 is 0. The lowest BCUT2D eigenvalue weighted by Gasteiger charge is -2.12. The number of sulfonamides is 1. The van der Waals surface area contributed by atoms with E-state index in [0.29, 0.717) is 18.8 Å². The highest BCUT2D eigenvalue weighted by Gasteiger charge is 2.12. The lowest BCUT2D eigenvalue weighted by molar-refractivity contribution is 0.402. The van der Waals surface area contributed by atoms with E-state index in [4.69, 9.17) is 9.56 Å². The van der Waals surface area contributed by atoms with Crippen LogP contribution in [0.3, 0.4) is 0 Å². The van der Waals surface area contributed by atoms with E-state index in [2.05, 4.69) is 5.32 Å². The van der Waals surface area contributed by atoms with Crippen LogP contribution < -0.4 is 15.4 Å². The molecular formula is C14H19N3O3S. The van der Waals surface area contributed by atoms with Gasteiger partial charge in [0.05, 0.1) is 6.54 Å². The van der Waals surface area contributed by atoms with Crippen molar-refractivity contribution in [2.24, 2.45) is 5.14 Å². The zero-order valence-corrected chi connectivity index (χ0v) is 12.9. The smallest absolute Gasteiger partial charge is 0.271 e. The third-order valence-electron chi connectivity index (χ3n) is 3.00. The molecule has 0 radical (unpaired) electrons. The van der Waals surface area contributed by atoms with Crippen molar-refractivity contribution in [3.05, 3.63) is 47.7 Å². The van der Waals surface area contributed by atoms with Crippen LogP contribution in [-0.2, 0) is 23.1 Å². The van der Waals surface area contributed by atoms with Crippen LogP contribution in [0, 0.1) is 0 Å². The predicted molar refractivity (Wildman–Crippen MR) is 81.4 cm³/mol. The topological polar surface area (TPSA) is 88.6 Å². The van der Waals surface area contributed by atoms with Crippen LogP contribution in [0.15, 0.2) is 45.9 Å². The zero-order chi connectivity index (χ0) is 15.5. The van der Waals surface area contributed by atoms with Gasteiger partial charge in [0.15, 0.2) is 0 Å². The molecule has 2 rings (SSSR count). The first-order valence-electron chi connectivity index (χ1n) is 6.45. The fourth-order valence-corrected chi connectivity index (χ4v) is 2.33. The van der Waals surface area contributed by atoms with E-state index >= 15 is 0 Å². The maximum absolute atomic E-state index is 11.1. The summed E-state index contributed by atoms with van der Waals surface area (Å²) in [4.78, 5) is 2.04. The number of primary sulfonamides is 1. The lowest BCUT2D eigenvalue weighted by Crippen LogP contribution is -2.13. The summed E-state index contributed by atoms with van der Waals surface area (Å²) in [7, 11) is 0.215. The van der Waals surface area contributed by atoms with Gasteiger partial charge in [-0.15, -0.1) is 0 Å². The summed E-state index contributed by atoms with van der Waals surface area (Å²) < 4.78 is 27.3. The first-order valence-corrected chi connectivity index (χ1v) is 7.99. The number of nitrogens with two attached hydrogens (primary N) is 1. The monoisotopic (exact) mass is 309 g/mol. The number of benzene rings is 1. The fraction of sp³-hybridized carbons (Fsp3) is 0.286. The van der Waals surface area contributed by atoms with Gasteiger partial charge in [0.2, 0.25) is 5.09 Å². The van der Waals surface area contributed by atoms with Crippen LogP contribution in [-0.4, -0.2) is 22.5 Å². The largest absolute Gasteiger partial charge is 0.447 e. The summed E-state index contributed by atoms with van der Waals surface area (Å²) in [6, 6.07) is 11.1. The lowest BCUT2D eigenvalue weighted by atomic mass is 10.2. The average Bonchev–Trinajstić information content (AvgIpc) is 2.88. The molecule has 0 saturated heterocycles. The van der Waals surface area contributed by atoms with Gasteiger partial charge < -0.3 is 14.6 Å². The van der Waals surface area contributed by atoms with Crippen LogP contribution in [0.2, 0.25) is 0 Å². The van der Waals surface area contributed by atoms with E-state index in [-0.39, 0.29) is 5.09 Å². The number of hydrogen-bond acceptors (Lipinski definition) is 5. The Morgan fingerprint density at radius 1 is 1.10 bits per heavy atom. The van der Waals surface area contributed by atoms with Gasteiger partial charge in [-0.1, -0.05) is 12.1 Å². The average molecular weight is 309 g/mol. The van der Waals surface area contributed by atoms with Gasteiger partial charge in [-0.2, -0.15) is 0 Å². The van der Waals surface area contributed by atoms with Crippen LogP contribution in [0.4, 0.5) is 5.69 Å². The number of rotatable bonds is 6. The Labute approximate surface area is 124 Å². The van der Waals surface area contributed by atoms with Gasteiger partial charge in [0.25, 0.3) is 10.0 Å². The van der Waals surface area contributed by atoms with Crippen molar-refractivity contribution >= 4 is 15.7 Å². The molecule has 1 aromatic heterocycles. The number of anilines is 1. The predicted octanol–water partition coefficient (Wildman–Crippen LogP) is 1.28. The normalized spacial score (nSPS) is 11.6. The number of nitrogens with one attached hydrogen (secondary N) is 1. The van der Waals surface area contributed by atoms with Crippen LogP contribution >= 0.6 is 0 Å². The molecule has 0 spiro atoms. The number of hydrogen-bond donors (Lipinski definition) is 2. The van der Waals surface area contributed by atoms with Crippen molar-refractivity contribution in [3.8, 4) is 0 Å². The standard InChI is InChI=1S/C14H19N3O3S/c1-17(2)12-5-3-11(4-6-12)9-16-10-13-7-8-14(20-13)21(15,18)19/h3-8,16H,9-10H2,1-2H3,(H2,15,18,19). The minimum atomic E-state index is -3.77. The summed E-state index contributed by atoms with van der Waals surface area (Å²) in [5, 5.41) is 7.96. The molecule has 7 heteroatoms. The molecule has 21 heavy (non-hydrogen) atoms. The summed E-state index contributed by atoms with van der Waals surface area (Å²) in [5.74, 6) is 0.531. The Morgan fingerprint density at radius 2 is 1.76 bits per heavy atom. The van der Waals surface area contributed by atoms with Gasteiger partial charge >= 0.3 is 0 Å². The van der Waals surface area contributed by atoms with E-state index in [1.54, 1.807) is 6.07 Å². The van der Waals surface area contributed by atoms with Crippen molar-refractivity contribution < 1.29 is 12.8 Å². The van der Waals surface area contributed by atoms with E-state index in [1.807, 2.05) is 43.3 Å². The second-order valence-corrected chi connectivity index (χ2v) is 6.42. The summed E-state index contributed by atoms with van der Waals surface area (Å²) in [5.41, 5.74) is 2.28. The molecule has 2 aromatic rings. The van der Waals surface area contributed by atoms with Crippen molar-refractivity contribution in [1.29, 1.82) is 0 Å². The van der Waals surface area contributed by atoms with Gasteiger partial charge in [0, 0.05) is 26.3 Å². The molecule has 0 bridgehead atoms. The molecule has 3 N–H and O–H groups in total. The Bertz CT molecular complexity index is 691. The molecule has 1 aromatic carbocycles. The Kier molecular flexibility index (Phi) is 4.66. The molecule has 0 aliphatic rings. The zero-order valence-electron chi connectivity index (χ0n) is 12.0. The Morgan fingerprint density at radius 3 is 2.29 bits per heavy atom. The maximum Gasteiger partial charge on any atom is 0.271 e. The van der Waals surface area contributed by atoms with Crippen molar-refractivity contribution in [3.63, 3.8) is 0 Å². The molecule has 0 aliphatic carbocycles. The quantitative estimate of drug-likeness (QED) is 0.839. The van der Waals surface area contributed by atoms with E-state index in [1.165, 1.54) is 6.07 Å². The second kappa shape index (κ2) is 6.30. The highest BCUT2D eigenvalue weighted by Crippen LogP contribution is 2.13. The molecule has 114 valence electrons. The van der Waals surface area contributed by atoms with Gasteiger partial charge in [-0.25, -0.2) is 13.6 Å². The van der Waals surface area contributed by atoms with E-state index < -0.39 is 10.0 Å². The SMILES string of the molecule is CN(C)c1ccc(CNCc2ccc(S(N)(=O)=O)o2)cc1. The number of furan rings is 1. The van der Waals surface area contributed by atoms with Crippen molar-refractivity contribution in [2.75, 3.05) is 19.0 Å².